The van der Waals surface area contributed by atoms with Gasteiger partial charge in [0.15, 0.2) is 0 Å². The lowest BCUT2D eigenvalue weighted by Gasteiger charge is -2.20. The Morgan fingerprint density at radius 2 is 1.88 bits per heavy atom. The number of pyridine rings is 1. The fourth-order valence-electron chi connectivity index (χ4n) is 1.28. The van der Waals surface area contributed by atoms with Crippen molar-refractivity contribution in [1.29, 1.82) is 0 Å². The summed E-state index contributed by atoms with van der Waals surface area (Å²) in [4.78, 5) is 3.55. The molecular weight excluding hydrogens is 268 g/mol. The van der Waals surface area contributed by atoms with Crippen LogP contribution in [0.2, 0.25) is 5.15 Å². The molecule has 96 valence electrons. The summed E-state index contributed by atoms with van der Waals surface area (Å²) in [5.74, 6) is 0. The van der Waals surface area contributed by atoms with E-state index in [1.165, 1.54) is 18.3 Å². The molecule has 0 aromatic carbocycles. The van der Waals surface area contributed by atoms with Crippen LogP contribution < -0.4 is 0 Å². The number of sulfonamides is 1. The van der Waals surface area contributed by atoms with Crippen molar-refractivity contribution in [3.63, 3.8) is 0 Å². The maximum absolute atomic E-state index is 12.1. The third kappa shape index (κ3) is 3.36. The zero-order valence-electron chi connectivity index (χ0n) is 8.95. The monoisotopic (exact) mass is 280 g/mol. The van der Waals surface area contributed by atoms with Crippen molar-refractivity contribution >= 4 is 21.6 Å². The topological polar surface area (TPSA) is 90.7 Å². The SMILES string of the molecule is O=S(=O)(c1cccnc1Cl)N(CCO)CCO. The number of aromatic nitrogens is 1. The standard InChI is InChI=1S/C9H13ClN2O4S/c10-9-8(2-1-3-11-9)17(15,16)12(4-6-13)5-7-14/h1-3,13-14H,4-7H2. The van der Waals surface area contributed by atoms with E-state index >= 15 is 0 Å². The largest absolute Gasteiger partial charge is 0.395 e. The molecule has 0 fully saturated rings. The second-order valence-electron chi connectivity index (χ2n) is 3.14. The maximum atomic E-state index is 12.1. The average molecular weight is 281 g/mol. The van der Waals surface area contributed by atoms with Gasteiger partial charge in [0.2, 0.25) is 10.0 Å². The third-order valence-electron chi connectivity index (χ3n) is 2.04. The van der Waals surface area contributed by atoms with Gasteiger partial charge in [0, 0.05) is 19.3 Å². The van der Waals surface area contributed by atoms with Crippen LogP contribution in [-0.4, -0.2) is 54.2 Å². The molecule has 1 heterocycles. The van der Waals surface area contributed by atoms with E-state index in [4.69, 9.17) is 21.8 Å². The molecule has 0 radical (unpaired) electrons. The Balaban J connectivity index is 3.12. The molecular formula is C9H13ClN2O4S. The van der Waals surface area contributed by atoms with E-state index in [0.717, 1.165) is 4.31 Å². The first-order valence-electron chi connectivity index (χ1n) is 4.86. The van der Waals surface area contributed by atoms with Gasteiger partial charge in [-0.15, -0.1) is 0 Å². The highest BCUT2D eigenvalue weighted by atomic mass is 35.5. The minimum absolute atomic E-state index is 0.103. The molecule has 1 aromatic rings. The second kappa shape index (κ2) is 6.27. The van der Waals surface area contributed by atoms with Gasteiger partial charge in [0.1, 0.15) is 10.0 Å². The fourth-order valence-corrected chi connectivity index (χ4v) is 3.13. The Morgan fingerprint density at radius 3 is 2.35 bits per heavy atom. The summed E-state index contributed by atoms with van der Waals surface area (Å²) in [7, 11) is -3.84. The van der Waals surface area contributed by atoms with Crippen LogP contribution in [0, 0.1) is 0 Å². The van der Waals surface area contributed by atoms with Gasteiger partial charge in [-0.05, 0) is 12.1 Å². The van der Waals surface area contributed by atoms with Crippen LogP contribution in [-0.2, 0) is 10.0 Å². The van der Waals surface area contributed by atoms with Gasteiger partial charge in [-0.3, -0.25) is 0 Å². The van der Waals surface area contributed by atoms with Gasteiger partial charge in [-0.2, -0.15) is 4.31 Å². The van der Waals surface area contributed by atoms with E-state index < -0.39 is 10.0 Å². The molecule has 6 nitrogen and oxygen atoms in total. The Bertz CT molecular complexity index is 460. The molecule has 0 saturated carbocycles. The summed E-state index contributed by atoms with van der Waals surface area (Å²) in [5.41, 5.74) is 0. The quantitative estimate of drug-likeness (QED) is 0.699. The molecule has 0 spiro atoms. The predicted molar refractivity (Wildman–Crippen MR) is 62.2 cm³/mol. The zero-order valence-corrected chi connectivity index (χ0v) is 10.5. The molecule has 0 atom stereocenters. The Labute approximate surface area is 105 Å². The van der Waals surface area contributed by atoms with Crippen LogP contribution in [0.4, 0.5) is 0 Å². The smallest absolute Gasteiger partial charge is 0.246 e. The molecule has 0 unspecified atom stereocenters. The van der Waals surface area contributed by atoms with Crippen molar-refractivity contribution in [2.45, 2.75) is 4.90 Å². The van der Waals surface area contributed by atoms with Gasteiger partial charge in [-0.25, -0.2) is 13.4 Å². The van der Waals surface area contributed by atoms with Crippen molar-refractivity contribution in [1.82, 2.24) is 9.29 Å². The fraction of sp³-hybridized carbons (Fsp3) is 0.444. The summed E-state index contributed by atoms with van der Waals surface area (Å²) in [6.07, 6.45) is 1.38. The van der Waals surface area contributed by atoms with E-state index in [1.54, 1.807) is 0 Å². The number of hydrogen-bond donors (Lipinski definition) is 2. The highest BCUT2D eigenvalue weighted by Crippen LogP contribution is 2.21. The van der Waals surface area contributed by atoms with E-state index in [9.17, 15) is 8.42 Å². The van der Waals surface area contributed by atoms with E-state index in [0.29, 0.717) is 0 Å². The van der Waals surface area contributed by atoms with Gasteiger partial charge in [0.25, 0.3) is 0 Å². The number of aliphatic hydroxyl groups excluding tert-OH is 2. The van der Waals surface area contributed by atoms with Crippen LogP contribution in [0.3, 0.4) is 0 Å². The number of aliphatic hydroxyl groups is 2. The number of rotatable bonds is 6. The second-order valence-corrected chi connectivity index (χ2v) is 5.41. The molecule has 0 aliphatic carbocycles. The summed E-state index contributed by atoms with van der Waals surface area (Å²) in [5, 5.41) is 17.5. The van der Waals surface area contributed by atoms with Gasteiger partial charge >= 0.3 is 0 Å². The summed E-state index contributed by atoms with van der Waals surface area (Å²) in [6, 6.07) is 2.78. The molecule has 17 heavy (non-hydrogen) atoms. The summed E-state index contributed by atoms with van der Waals surface area (Å²) in [6.45, 7) is -0.879. The minimum Gasteiger partial charge on any atom is -0.395 e. The first-order chi connectivity index (χ1) is 8.04. The highest BCUT2D eigenvalue weighted by Gasteiger charge is 2.26. The zero-order chi connectivity index (χ0) is 12.9. The van der Waals surface area contributed by atoms with Crippen LogP contribution in [0.5, 0.6) is 0 Å². The molecule has 1 rings (SSSR count). The Kier molecular flexibility index (Phi) is 5.29. The van der Waals surface area contributed by atoms with Crippen molar-refractivity contribution in [2.24, 2.45) is 0 Å². The van der Waals surface area contributed by atoms with Gasteiger partial charge < -0.3 is 10.2 Å². The van der Waals surface area contributed by atoms with Crippen molar-refractivity contribution in [3.8, 4) is 0 Å². The lowest BCUT2D eigenvalue weighted by atomic mass is 10.5. The maximum Gasteiger partial charge on any atom is 0.246 e. The van der Waals surface area contributed by atoms with Crippen LogP contribution in [0.25, 0.3) is 0 Å². The Morgan fingerprint density at radius 1 is 1.29 bits per heavy atom. The van der Waals surface area contributed by atoms with Crippen LogP contribution in [0.15, 0.2) is 23.2 Å². The number of hydrogen-bond acceptors (Lipinski definition) is 5. The summed E-state index contributed by atoms with van der Waals surface area (Å²) < 4.78 is 25.2. The lowest BCUT2D eigenvalue weighted by Crippen LogP contribution is -2.36. The first-order valence-corrected chi connectivity index (χ1v) is 6.68. The van der Waals surface area contributed by atoms with E-state index in [-0.39, 0.29) is 36.4 Å². The highest BCUT2D eigenvalue weighted by molar-refractivity contribution is 7.89. The summed E-state index contributed by atoms with van der Waals surface area (Å²) >= 11 is 5.71. The van der Waals surface area contributed by atoms with E-state index in [1.807, 2.05) is 0 Å². The molecule has 0 amide bonds. The molecule has 1 aromatic heterocycles. The third-order valence-corrected chi connectivity index (χ3v) is 4.38. The van der Waals surface area contributed by atoms with Crippen molar-refractivity contribution in [3.05, 3.63) is 23.5 Å². The predicted octanol–water partition coefficient (Wildman–Crippen LogP) is -0.290. The number of halogens is 1. The van der Waals surface area contributed by atoms with Crippen LogP contribution >= 0.6 is 11.6 Å². The first kappa shape index (κ1) is 14.3. The van der Waals surface area contributed by atoms with Gasteiger partial charge in [-0.1, -0.05) is 11.6 Å². The molecule has 0 bridgehead atoms. The molecule has 0 aliphatic rings. The minimum atomic E-state index is -3.84. The lowest BCUT2D eigenvalue weighted by molar-refractivity contribution is 0.217. The van der Waals surface area contributed by atoms with Crippen molar-refractivity contribution in [2.75, 3.05) is 26.3 Å². The molecule has 2 N–H and O–H groups in total. The normalized spacial score (nSPS) is 12.0. The van der Waals surface area contributed by atoms with Crippen LogP contribution in [0.1, 0.15) is 0 Å². The van der Waals surface area contributed by atoms with Gasteiger partial charge in [0.05, 0.1) is 13.2 Å². The molecule has 0 aliphatic heterocycles. The number of nitrogens with zero attached hydrogens (tertiary/aromatic N) is 2. The molecule has 8 heteroatoms. The van der Waals surface area contributed by atoms with Crippen molar-refractivity contribution < 1.29 is 18.6 Å². The molecule has 0 saturated heterocycles. The van der Waals surface area contributed by atoms with E-state index in [2.05, 4.69) is 4.98 Å². The average Bonchev–Trinajstić information content (AvgIpc) is 2.29. The Hall–Kier alpha value is -0.730.